The molecule has 0 N–H and O–H groups in total. The minimum atomic E-state index is -0.611. The van der Waals surface area contributed by atoms with Crippen LogP contribution >= 0.6 is 11.8 Å². The number of hydrogen-bond donors (Lipinski definition) is 0. The molecule has 0 saturated heterocycles. The van der Waals surface area contributed by atoms with E-state index in [4.69, 9.17) is 0 Å². The Morgan fingerprint density at radius 3 is 2.86 bits per heavy atom. The molecule has 0 aliphatic heterocycles. The van der Waals surface area contributed by atoms with Crippen molar-refractivity contribution < 1.29 is 4.79 Å². The second-order valence-electron chi connectivity index (χ2n) is 6.20. The second kappa shape index (κ2) is 6.29. The van der Waals surface area contributed by atoms with Gasteiger partial charge in [-0.05, 0) is 25.7 Å². The number of thioether (sulfide) groups is 1. The summed E-state index contributed by atoms with van der Waals surface area (Å²) in [6, 6.07) is 2.90. The molecule has 0 radical (unpaired) electrons. The van der Waals surface area contributed by atoms with Crippen molar-refractivity contribution in [3.63, 3.8) is 0 Å². The van der Waals surface area contributed by atoms with Gasteiger partial charge in [-0.15, -0.1) is 10.2 Å². The third-order valence-corrected chi connectivity index (χ3v) is 5.65. The van der Waals surface area contributed by atoms with Gasteiger partial charge in [-0.1, -0.05) is 31.0 Å². The number of nitrogens with zero attached hydrogens (tertiary/aromatic N) is 5. The van der Waals surface area contributed by atoms with Gasteiger partial charge in [-0.25, -0.2) is 0 Å². The van der Waals surface area contributed by atoms with Crippen LogP contribution in [-0.2, 0) is 4.79 Å². The fourth-order valence-corrected chi connectivity index (χ4v) is 3.96. The van der Waals surface area contributed by atoms with Crippen molar-refractivity contribution in [1.29, 1.82) is 5.26 Å². The second-order valence-corrected chi connectivity index (χ2v) is 7.14. The Morgan fingerprint density at radius 2 is 2.23 bits per heavy atom. The highest BCUT2D eigenvalue weighted by Crippen LogP contribution is 2.37. The molecule has 0 bridgehead atoms. The van der Waals surface area contributed by atoms with Gasteiger partial charge in [-0.2, -0.15) is 5.26 Å². The lowest BCUT2D eigenvalue weighted by Crippen LogP contribution is -2.50. The van der Waals surface area contributed by atoms with E-state index in [-0.39, 0.29) is 5.91 Å². The monoisotopic (exact) mass is 319 g/mol. The number of nitriles is 1. The third kappa shape index (κ3) is 2.98. The minimum Gasteiger partial charge on any atom is -0.326 e. The summed E-state index contributed by atoms with van der Waals surface area (Å²) < 4.78 is 2.05. The van der Waals surface area contributed by atoms with E-state index < -0.39 is 5.54 Å². The standard InChI is InChI=1S/C15H21N5OS/c1-19(15(10-16)7-3-2-4-8-15)13(21)9-22-14-18-17-11-20(14)12-5-6-12/h11-12H,2-9H2,1H3. The SMILES string of the molecule is CN(C(=O)CSc1nncn1C1CC1)C1(C#N)CCCCC1. The zero-order chi connectivity index (χ0) is 15.6. The van der Waals surface area contributed by atoms with E-state index in [0.717, 1.165) is 50.1 Å². The van der Waals surface area contributed by atoms with Gasteiger partial charge in [0.1, 0.15) is 11.9 Å². The molecule has 0 atom stereocenters. The van der Waals surface area contributed by atoms with E-state index in [1.54, 1.807) is 18.3 Å². The Morgan fingerprint density at radius 1 is 1.50 bits per heavy atom. The van der Waals surface area contributed by atoms with Crippen molar-refractivity contribution in [2.24, 2.45) is 0 Å². The maximum atomic E-state index is 12.5. The molecule has 1 aromatic rings. The molecule has 1 heterocycles. The van der Waals surface area contributed by atoms with E-state index in [1.165, 1.54) is 11.8 Å². The molecule has 0 unspecified atom stereocenters. The molecule has 2 fully saturated rings. The molecule has 2 saturated carbocycles. The quantitative estimate of drug-likeness (QED) is 0.779. The Kier molecular flexibility index (Phi) is 4.39. The van der Waals surface area contributed by atoms with Gasteiger partial charge in [0.05, 0.1) is 11.8 Å². The van der Waals surface area contributed by atoms with Gasteiger partial charge in [0.15, 0.2) is 5.16 Å². The van der Waals surface area contributed by atoms with E-state index in [0.29, 0.717) is 11.8 Å². The zero-order valence-electron chi connectivity index (χ0n) is 12.9. The molecule has 7 heteroatoms. The van der Waals surface area contributed by atoms with Gasteiger partial charge in [-0.3, -0.25) is 4.79 Å². The van der Waals surface area contributed by atoms with E-state index >= 15 is 0 Å². The number of carbonyl (C=O) groups excluding carboxylic acids is 1. The lowest BCUT2D eigenvalue weighted by molar-refractivity contribution is -0.131. The maximum Gasteiger partial charge on any atom is 0.234 e. The molecule has 2 aliphatic rings. The summed E-state index contributed by atoms with van der Waals surface area (Å²) in [5.74, 6) is 0.310. The van der Waals surface area contributed by atoms with Crippen LogP contribution in [0.1, 0.15) is 51.0 Å². The van der Waals surface area contributed by atoms with Gasteiger partial charge in [0.25, 0.3) is 0 Å². The van der Waals surface area contributed by atoms with Crippen molar-refractivity contribution in [3.8, 4) is 6.07 Å². The van der Waals surface area contributed by atoms with Crippen molar-refractivity contribution in [2.45, 2.75) is 61.7 Å². The van der Waals surface area contributed by atoms with Crippen LogP contribution in [0.4, 0.5) is 0 Å². The molecule has 118 valence electrons. The Labute approximate surface area is 134 Å². The van der Waals surface area contributed by atoms with Crippen LogP contribution in [-0.4, -0.2) is 43.9 Å². The average molecular weight is 319 g/mol. The van der Waals surface area contributed by atoms with E-state index in [9.17, 15) is 10.1 Å². The average Bonchev–Trinajstić information content (AvgIpc) is 3.30. The third-order valence-electron chi connectivity index (χ3n) is 4.71. The summed E-state index contributed by atoms with van der Waals surface area (Å²) >= 11 is 1.42. The molecule has 6 nitrogen and oxygen atoms in total. The fourth-order valence-electron chi connectivity index (χ4n) is 3.06. The summed E-state index contributed by atoms with van der Waals surface area (Å²) in [6.45, 7) is 0. The molecule has 22 heavy (non-hydrogen) atoms. The van der Waals surface area contributed by atoms with Crippen LogP contribution < -0.4 is 0 Å². The number of hydrogen-bond acceptors (Lipinski definition) is 5. The first kappa shape index (κ1) is 15.3. The van der Waals surface area contributed by atoms with Gasteiger partial charge in [0.2, 0.25) is 5.91 Å². The highest BCUT2D eigenvalue weighted by atomic mass is 32.2. The highest BCUT2D eigenvalue weighted by molar-refractivity contribution is 7.99. The smallest absolute Gasteiger partial charge is 0.234 e. The largest absolute Gasteiger partial charge is 0.326 e. The topological polar surface area (TPSA) is 74.8 Å². The fraction of sp³-hybridized carbons (Fsp3) is 0.733. The molecule has 1 amide bonds. The molecule has 3 rings (SSSR count). The summed E-state index contributed by atoms with van der Waals surface area (Å²) in [6.07, 6.45) is 8.84. The number of rotatable bonds is 5. The first-order valence-electron chi connectivity index (χ1n) is 7.86. The Hall–Kier alpha value is -1.55. The number of amides is 1. The zero-order valence-corrected chi connectivity index (χ0v) is 13.7. The van der Waals surface area contributed by atoms with Crippen molar-refractivity contribution >= 4 is 17.7 Å². The van der Waals surface area contributed by atoms with Crippen LogP contribution in [0.3, 0.4) is 0 Å². The predicted octanol–water partition coefficient (Wildman–Crippen LogP) is 2.39. The van der Waals surface area contributed by atoms with Crippen LogP contribution in [0.5, 0.6) is 0 Å². The van der Waals surface area contributed by atoms with Crippen LogP contribution in [0.2, 0.25) is 0 Å². The van der Waals surface area contributed by atoms with Crippen LogP contribution in [0, 0.1) is 11.3 Å². The summed E-state index contributed by atoms with van der Waals surface area (Å²) in [4.78, 5) is 14.2. The minimum absolute atomic E-state index is 0.00111. The maximum absolute atomic E-state index is 12.5. The van der Waals surface area contributed by atoms with Crippen molar-refractivity contribution in [1.82, 2.24) is 19.7 Å². The van der Waals surface area contributed by atoms with Gasteiger partial charge < -0.3 is 9.47 Å². The lowest BCUT2D eigenvalue weighted by Gasteiger charge is -2.39. The highest BCUT2D eigenvalue weighted by Gasteiger charge is 2.38. The van der Waals surface area contributed by atoms with Crippen LogP contribution in [0.15, 0.2) is 11.5 Å². The summed E-state index contributed by atoms with van der Waals surface area (Å²) in [5, 5.41) is 18.4. The first-order chi connectivity index (χ1) is 10.7. The molecule has 0 aromatic carbocycles. The van der Waals surface area contributed by atoms with E-state index in [2.05, 4.69) is 20.8 Å². The van der Waals surface area contributed by atoms with Crippen molar-refractivity contribution in [3.05, 3.63) is 6.33 Å². The Balaban J connectivity index is 1.61. The number of aromatic nitrogens is 3. The summed E-state index contributed by atoms with van der Waals surface area (Å²) in [5.41, 5.74) is -0.611. The van der Waals surface area contributed by atoms with Gasteiger partial charge in [0, 0.05) is 13.1 Å². The normalized spacial score (nSPS) is 20.4. The molecular formula is C15H21N5OS. The summed E-state index contributed by atoms with van der Waals surface area (Å²) in [7, 11) is 1.77. The molecule has 2 aliphatic carbocycles. The Bertz CT molecular complexity index is 583. The number of carbonyl (C=O) groups is 1. The van der Waals surface area contributed by atoms with E-state index in [1.807, 2.05) is 0 Å². The molecule has 0 spiro atoms. The lowest BCUT2D eigenvalue weighted by atomic mass is 9.81. The van der Waals surface area contributed by atoms with Gasteiger partial charge >= 0.3 is 0 Å². The first-order valence-corrected chi connectivity index (χ1v) is 8.85. The van der Waals surface area contributed by atoms with Crippen molar-refractivity contribution in [2.75, 3.05) is 12.8 Å². The van der Waals surface area contributed by atoms with Crippen LogP contribution in [0.25, 0.3) is 0 Å². The molecular weight excluding hydrogens is 298 g/mol. The molecule has 1 aromatic heterocycles. The predicted molar refractivity (Wildman–Crippen MR) is 83.2 cm³/mol.